The molecule has 1 saturated heterocycles. The smallest absolute Gasteiger partial charge is 0.313 e. The van der Waals surface area contributed by atoms with Crippen LogP contribution in [0.25, 0.3) is 0 Å². The lowest BCUT2D eigenvalue weighted by molar-refractivity contribution is -0.158. The molecule has 0 unspecified atom stereocenters. The summed E-state index contributed by atoms with van der Waals surface area (Å²) in [6, 6.07) is 6.98. The van der Waals surface area contributed by atoms with Gasteiger partial charge in [-0.2, -0.15) is 0 Å². The molecule has 1 aromatic rings. The summed E-state index contributed by atoms with van der Waals surface area (Å²) in [7, 11) is 3.25. The topological polar surface area (TPSA) is 50.8 Å². The summed E-state index contributed by atoms with van der Waals surface area (Å²) in [5.74, 6) is 0.827. The number of nitrogens with one attached hydrogen (secondary N) is 1. The van der Waals surface area contributed by atoms with Crippen LogP contribution in [0, 0.1) is 10.8 Å². The van der Waals surface area contributed by atoms with Gasteiger partial charge in [0.1, 0.15) is 5.75 Å². The van der Waals surface area contributed by atoms with Gasteiger partial charge in [0.15, 0.2) is 0 Å². The zero-order valence-electron chi connectivity index (χ0n) is 16.0. The highest BCUT2D eigenvalue weighted by Crippen LogP contribution is 2.72. The highest BCUT2D eigenvalue weighted by atomic mass is 16.5. The molecule has 2 aliphatic carbocycles. The number of carbonyl (C=O) groups excluding carboxylic acids is 1. The zero-order chi connectivity index (χ0) is 18.4. The SMILES string of the molecule is COC(=O)[C@@]12CC[C@]3(C=CCN4CC[C@@]5(c6ccc(OC)cc6N[C@@H]15)[C@@H]43)C2. The molecule has 2 spiro atoms. The fourth-order valence-corrected chi connectivity index (χ4v) is 7.68. The molecule has 1 aromatic carbocycles. The molecule has 27 heavy (non-hydrogen) atoms. The van der Waals surface area contributed by atoms with Crippen LogP contribution in [-0.4, -0.2) is 50.3 Å². The van der Waals surface area contributed by atoms with E-state index in [4.69, 9.17) is 9.47 Å². The summed E-state index contributed by atoms with van der Waals surface area (Å²) < 4.78 is 10.9. The summed E-state index contributed by atoms with van der Waals surface area (Å²) in [6.45, 7) is 2.12. The van der Waals surface area contributed by atoms with Gasteiger partial charge in [0.2, 0.25) is 0 Å². The second-order valence-corrected chi connectivity index (χ2v) is 9.14. The number of anilines is 1. The second-order valence-electron chi connectivity index (χ2n) is 9.14. The van der Waals surface area contributed by atoms with Crippen molar-refractivity contribution in [2.75, 3.05) is 32.6 Å². The van der Waals surface area contributed by atoms with Crippen LogP contribution in [0.15, 0.2) is 30.4 Å². The van der Waals surface area contributed by atoms with Crippen LogP contribution in [0.4, 0.5) is 5.69 Å². The fraction of sp³-hybridized carbons (Fsp3) is 0.591. The molecule has 0 radical (unpaired) electrons. The Hall–Kier alpha value is -2.01. The lowest BCUT2D eigenvalue weighted by Crippen LogP contribution is -2.66. The van der Waals surface area contributed by atoms with Crippen molar-refractivity contribution < 1.29 is 14.3 Å². The van der Waals surface area contributed by atoms with Crippen LogP contribution in [0.5, 0.6) is 5.75 Å². The van der Waals surface area contributed by atoms with Crippen molar-refractivity contribution in [3.63, 3.8) is 0 Å². The maximum Gasteiger partial charge on any atom is 0.313 e. The minimum Gasteiger partial charge on any atom is -0.497 e. The number of fused-ring (bicyclic) bond motifs is 3. The van der Waals surface area contributed by atoms with Crippen molar-refractivity contribution in [1.29, 1.82) is 0 Å². The van der Waals surface area contributed by atoms with Crippen molar-refractivity contribution in [1.82, 2.24) is 4.90 Å². The molecule has 142 valence electrons. The molecule has 2 bridgehead atoms. The van der Waals surface area contributed by atoms with Gasteiger partial charge in [-0.3, -0.25) is 9.69 Å². The first-order valence-electron chi connectivity index (χ1n) is 10.0. The molecule has 5 aliphatic rings. The number of benzene rings is 1. The first kappa shape index (κ1) is 16.0. The summed E-state index contributed by atoms with van der Waals surface area (Å²) in [5, 5.41) is 3.81. The first-order valence-corrected chi connectivity index (χ1v) is 10.0. The Morgan fingerprint density at radius 1 is 1.26 bits per heavy atom. The number of rotatable bonds is 2. The highest BCUT2D eigenvalue weighted by Gasteiger charge is 2.76. The molecule has 5 atom stereocenters. The average Bonchev–Trinajstić information content (AvgIpc) is 3.35. The number of hydrogen-bond acceptors (Lipinski definition) is 5. The summed E-state index contributed by atoms with van der Waals surface area (Å²) in [6.07, 6.45) is 8.75. The van der Waals surface area contributed by atoms with Crippen molar-refractivity contribution in [3.05, 3.63) is 35.9 Å². The first-order chi connectivity index (χ1) is 13.1. The van der Waals surface area contributed by atoms with E-state index in [9.17, 15) is 4.79 Å². The summed E-state index contributed by atoms with van der Waals surface area (Å²) >= 11 is 0. The van der Waals surface area contributed by atoms with E-state index in [1.807, 2.05) is 0 Å². The predicted molar refractivity (Wildman–Crippen MR) is 102 cm³/mol. The van der Waals surface area contributed by atoms with E-state index < -0.39 is 5.41 Å². The van der Waals surface area contributed by atoms with E-state index in [-0.39, 0.29) is 22.8 Å². The van der Waals surface area contributed by atoms with Gasteiger partial charge in [0.25, 0.3) is 0 Å². The van der Waals surface area contributed by atoms with E-state index in [0.717, 1.165) is 50.2 Å². The minimum atomic E-state index is -0.449. The van der Waals surface area contributed by atoms with Gasteiger partial charge in [-0.1, -0.05) is 18.2 Å². The van der Waals surface area contributed by atoms with E-state index >= 15 is 0 Å². The standard InChI is InChI=1S/C22H26N2O3/c1-26-14-4-5-15-16(12-14)23-17-21(19(25)27-2)8-7-20(13-21)6-3-10-24-11-9-22(15,17)18(20)24/h3-6,12,17-18,23H,7-11,13H2,1-2H3/t17-,18-,20+,21+,22-/m0/s1. The highest BCUT2D eigenvalue weighted by molar-refractivity contribution is 5.83. The van der Waals surface area contributed by atoms with Crippen molar-refractivity contribution >= 4 is 11.7 Å². The minimum absolute atomic E-state index is 0.0324. The Bertz CT molecular complexity index is 882. The quantitative estimate of drug-likeness (QED) is 0.644. The Kier molecular flexibility index (Phi) is 2.89. The third kappa shape index (κ3) is 1.61. The van der Waals surface area contributed by atoms with E-state index in [2.05, 4.69) is 40.6 Å². The van der Waals surface area contributed by atoms with E-state index in [1.54, 1.807) is 14.2 Å². The van der Waals surface area contributed by atoms with Gasteiger partial charge >= 0.3 is 5.97 Å². The van der Waals surface area contributed by atoms with Gasteiger partial charge in [-0.05, 0) is 43.9 Å². The van der Waals surface area contributed by atoms with Gasteiger partial charge < -0.3 is 14.8 Å². The van der Waals surface area contributed by atoms with Crippen LogP contribution in [0.1, 0.15) is 31.2 Å². The molecule has 2 saturated carbocycles. The normalized spacial score (nSPS) is 42.9. The monoisotopic (exact) mass is 366 g/mol. The third-order valence-electron chi connectivity index (χ3n) is 8.37. The van der Waals surface area contributed by atoms with Gasteiger partial charge in [-0.25, -0.2) is 0 Å². The molecular weight excluding hydrogens is 340 g/mol. The van der Waals surface area contributed by atoms with E-state index in [0.29, 0.717) is 6.04 Å². The second kappa shape index (κ2) is 4.88. The Morgan fingerprint density at radius 2 is 2.15 bits per heavy atom. The van der Waals surface area contributed by atoms with Crippen LogP contribution in [0.2, 0.25) is 0 Å². The molecule has 1 N–H and O–H groups in total. The van der Waals surface area contributed by atoms with Crippen LogP contribution in [-0.2, 0) is 14.9 Å². The maximum absolute atomic E-state index is 13.2. The third-order valence-corrected chi connectivity index (χ3v) is 8.37. The molecule has 5 nitrogen and oxygen atoms in total. The van der Waals surface area contributed by atoms with Crippen LogP contribution < -0.4 is 10.1 Å². The number of methoxy groups -OCH3 is 2. The summed E-state index contributed by atoms with van der Waals surface area (Å²) in [4.78, 5) is 15.8. The fourth-order valence-electron chi connectivity index (χ4n) is 7.68. The van der Waals surface area contributed by atoms with Crippen molar-refractivity contribution in [2.45, 2.75) is 43.2 Å². The van der Waals surface area contributed by atoms with Crippen molar-refractivity contribution in [2.24, 2.45) is 10.8 Å². The Balaban J connectivity index is 1.62. The zero-order valence-corrected chi connectivity index (χ0v) is 16.0. The van der Waals surface area contributed by atoms with Crippen molar-refractivity contribution in [3.8, 4) is 5.75 Å². The van der Waals surface area contributed by atoms with E-state index in [1.165, 1.54) is 5.56 Å². The molecule has 3 aliphatic heterocycles. The molecular formula is C22H26N2O3. The van der Waals surface area contributed by atoms with Gasteiger partial charge in [-0.15, -0.1) is 0 Å². The molecule has 0 aromatic heterocycles. The lowest BCUT2D eigenvalue weighted by atomic mass is 9.51. The van der Waals surface area contributed by atoms with Gasteiger partial charge in [0, 0.05) is 35.2 Å². The number of ether oxygens (including phenoxy) is 2. The van der Waals surface area contributed by atoms with Gasteiger partial charge in [0.05, 0.1) is 25.7 Å². The number of nitrogens with zero attached hydrogens (tertiary/aromatic N) is 1. The molecule has 5 heteroatoms. The average molecular weight is 366 g/mol. The molecule has 3 fully saturated rings. The van der Waals surface area contributed by atoms with Crippen LogP contribution in [0.3, 0.4) is 0 Å². The largest absolute Gasteiger partial charge is 0.497 e. The number of carbonyl (C=O) groups is 1. The number of esters is 1. The molecule has 0 amide bonds. The molecule has 3 heterocycles. The Morgan fingerprint density at radius 3 is 2.96 bits per heavy atom. The summed E-state index contributed by atoms with van der Waals surface area (Å²) in [5.41, 5.74) is 2.12. The Labute approximate surface area is 159 Å². The predicted octanol–water partition coefficient (Wildman–Crippen LogP) is 2.71. The number of hydrogen-bond donors (Lipinski definition) is 1. The lowest BCUT2D eigenvalue weighted by Gasteiger charge is -2.57. The maximum atomic E-state index is 13.2. The van der Waals surface area contributed by atoms with Crippen LogP contribution >= 0.6 is 0 Å². The molecule has 6 rings (SSSR count).